The van der Waals surface area contributed by atoms with Gasteiger partial charge in [-0.25, -0.2) is 4.79 Å². The molecule has 0 aliphatic rings. The summed E-state index contributed by atoms with van der Waals surface area (Å²) in [5, 5.41) is 8.13. The molecule has 0 fully saturated rings. The van der Waals surface area contributed by atoms with Crippen LogP contribution in [0.25, 0.3) is 0 Å². The van der Waals surface area contributed by atoms with E-state index in [2.05, 4.69) is 6.07 Å². The zero-order valence-corrected chi connectivity index (χ0v) is 5.92. The third-order valence-corrected chi connectivity index (χ3v) is 1.35. The Morgan fingerprint density at radius 2 is 1.92 bits per heavy atom. The fourth-order valence-corrected chi connectivity index (χ4v) is 0.720. The van der Waals surface area contributed by atoms with E-state index in [1.165, 1.54) is 12.1 Å². The monoisotopic (exact) mass is 171 g/mol. The molecule has 0 saturated carbocycles. The molecule has 0 spiro atoms. The minimum Gasteiger partial charge on any atom is -0.477 e. The topological polar surface area (TPSA) is 37.3 Å². The number of alkyl halides is 2. The first-order chi connectivity index (χ1) is 5.55. The Hall–Kier alpha value is -1.45. The third kappa shape index (κ3) is 1.42. The van der Waals surface area contributed by atoms with Crippen LogP contribution in [0.3, 0.4) is 0 Å². The smallest absolute Gasteiger partial charge is 0.379 e. The van der Waals surface area contributed by atoms with Crippen LogP contribution >= 0.6 is 0 Å². The average Bonchev–Trinajstić information content (AvgIpc) is 2.06. The van der Waals surface area contributed by atoms with Crippen molar-refractivity contribution in [3.8, 4) is 0 Å². The molecule has 0 unspecified atom stereocenters. The molecule has 0 aromatic heterocycles. The Morgan fingerprint density at radius 1 is 1.42 bits per heavy atom. The van der Waals surface area contributed by atoms with Crippen LogP contribution < -0.4 is 0 Å². The maximum absolute atomic E-state index is 12.7. The van der Waals surface area contributed by atoms with Gasteiger partial charge >= 0.3 is 11.9 Å². The zero-order valence-electron chi connectivity index (χ0n) is 5.92. The summed E-state index contributed by atoms with van der Waals surface area (Å²) in [7, 11) is 0. The summed E-state index contributed by atoms with van der Waals surface area (Å²) in [6.07, 6.45) is 0. The highest BCUT2D eigenvalue weighted by molar-refractivity contribution is 5.77. The van der Waals surface area contributed by atoms with Gasteiger partial charge in [0.05, 0.1) is 0 Å². The Morgan fingerprint density at radius 3 is 2.33 bits per heavy atom. The van der Waals surface area contributed by atoms with E-state index < -0.39 is 17.5 Å². The fraction of sp³-hybridized carbons (Fsp3) is 0.125. The molecule has 0 aliphatic carbocycles. The van der Waals surface area contributed by atoms with Crippen LogP contribution in [0, 0.1) is 6.07 Å². The van der Waals surface area contributed by atoms with Crippen LogP contribution in [-0.4, -0.2) is 11.1 Å². The van der Waals surface area contributed by atoms with E-state index in [1.807, 2.05) is 0 Å². The molecule has 1 radical (unpaired) electrons. The molecule has 4 heteroatoms. The number of benzene rings is 1. The number of rotatable bonds is 2. The Balaban J connectivity index is 3.06. The first kappa shape index (κ1) is 8.64. The summed E-state index contributed by atoms with van der Waals surface area (Å²) in [5.74, 6) is -5.96. The van der Waals surface area contributed by atoms with Crippen molar-refractivity contribution in [2.24, 2.45) is 0 Å². The van der Waals surface area contributed by atoms with E-state index in [9.17, 15) is 13.6 Å². The van der Waals surface area contributed by atoms with E-state index in [1.54, 1.807) is 0 Å². The molecule has 0 heterocycles. The van der Waals surface area contributed by atoms with Crippen LogP contribution in [0.15, 0.2) is 24.3 Å². The van der Waals surface area contributed by atoms with Gasteiger partial charge in [0, 0.05) is 5.56 Å². The summed E-state index contributed by atoms with van der Waals surface area (Å²) < 4.78 is 25.3. The van der Waals surface area contributed by atoms with Gasteiger partial charge in [0.2, 0.25) is 0 Å². The predicted molar refractivity (Wildman–Crippen MR) is 36.8 cm³/mol. The van der Waals surface area contributed by atoms with E-state index in [4.69, 9.17) is 5.11 Å². The van der Waals surface area contributed by atoms with Gasteiger partial charge in [-0.1, -0.05) is 24.3 Å². The number of carboxylic acid groups (broad SMARTS) is 1. The highest BCUT2D eigenvalue weighted by atomic mass is 19.3. The zero-order chi connectivity index (χ0) is 9.19. The summed E-state index contributed by atoms with van der Waals surface area (Å²) in [6, 6.07) is 7.05. The van der Waals surface area contributed by atoms with Crippen molar-refractivity contribution < 1.29 is 18.7 Å². The van der Waals surface area contributed by atoms with E-state index in [0.29, 0.717) is 0 Å². The van der Waals surface area contributed by atoms with Crippen molar-refractivity contribution >= 4 is 5.97 Å². The SMILES string of the molecule is O=C(O)C(F)(F)c1cc[c]cc1. The maximum atomic E-state index is 12.7. The van der Waals surface area contributed by atoms with Gasteiger partial charge in [0.1, 0.15) is 0 Å². The second kappa shape index (κ2) is 2.89. The van der Waals surface area contributed by atoms with Crippen molar-refractivity contribution in [1.29, 1.82) is 0 Å². The van der Waals surface area contributed by atoms with Crippen molar-refractivity contribution in [3.05, 3.63) is 35.9 Å². The van der Waals surface area contributed by atoms with E-state index in [0.717, 1.165) is 12.1 Å². The first-order valence-electron chi connectivity index (χ1n) is 3.13. The summed E-state index contributed by atoms with van der Waals surface area (Å²) in [6.45, 7) is 0. The number of halogens is 2. The number of carbonyl (C=O) groups is 1. The van der Waals surface area contributed by atoms with Gasteiger partial charge in [0.25, 0.3) is 0 Å². The molecule has 0 atom stereocenters. The lowest BCUT2D eigenvalue weighted by Crippen LogP contribution is -2.24. The highest BCUT2D eigenvalue weighted by Gasteiger charge is 2.40. The van der Waals surface area contributed by atoms with Crippen LogP contribution in [0.5, 0.6) is 0 Å². The van der Waals surface area contributed by atoms with Crippen molar-refractivity contribution in [1.82, 2.24) is 0 Å². The number of hydrogen-bond donors (Lipinski definition) is 1. The maximum Gasteiger partial charge on any atom is 0.379 e. The molecule has 2 nitrogen and oxygen atoms in total. The number of hydrogen-bond acceptors (Lipinski definition) is 1. The lowest BCUT2D eigenvalue weighted by atomic mass is 10.1. The third-order valence-electron chi connectivity index (χ3n) is 1.35. The number of carboxylic acids is 1. The second-order valence-corrected chi connectivity index (χ2v) is 2.17. The largest absolute Gasteiger partial charge is 0.477 e. The fourth-order valence-electron chi connectivity index (χ4n) is 0.720. The summed E-state index contributed by atoms with van der Waals surface area (Å²) >= 11 is 0. The van der Waals surface area contributed by atoms with E-state index >= 15 is 0 Å². The van der Waals surface area contributed by atoms with Crippen molar-refractivity contribution in [2.45, 2.75) is 5.92 Å². The lowest BCUT2D eigenvalue weighted by Gasteiger charge is -2.09. The summed E-state index contributed by atoms with van der Waals surface area (Å²) in [5.41, 5.74) is -0.534. The molecule has 63 valence electrons. The molecule has 0 aliphatic heterocycles. The minimum atomic E-state index is -3.81. The Kier molecular flexibility index (Phi) is 2.08. The van der Waals surface area contributed by atoms with Crippen molar-refractivity contribution in [2.75, 3.05) is 0 Å². The molecular weight excluding hydrogens is 166 g/mol. The normalized spacial score (nSPS) is 11.2. The summed E-state index contributed by atoms with van der Waals surface area (Å²) in [4.78, 5) is 10.1. The minimum absolute atomic E-state index is 0.534. The molecule has 0 saturated heterocycles. The molecular formula is C8H5F2O2. The van der Waals surface area contributed by atoms with Crippen LogP contribution in [0.1, 0.15) is 5.56 Å². The van der Waals surface area contributed by atoms with Gasteiger partial charge in [-0.3, -0.25) is 0 Å². The van der Waals surface area contributed by atoms with Gasteiger partial charge < -0.3 is 5.11 Å². The second-order valence-electron chi connectivity index (χ2n) is 2.17. The van der Waals surface area contributed by atoms with Gasteiger partial charge in [0.15, 0.2) is 0 Å². The molecule has 0 amide bonds. The molecule has 12 heavy (non-hydrogen) atoms. The Labute approximate surface area is 67.4 Å². The molecule has 0 bridgehead atoms. The standard InChI is InChI=1S/C8H5F2O2/c9-8(10,7(11)12)6-4-2-1-3-5-6/h2-5H,(H,11,12). The quantitative estimate of drug-likeness (QED) is 0.734. The average molecular weight is 171 g/mol. The van der Waals surface area contributed by atoms with Gasteiger partial charge in [-0.15, -0.1) is 0 Å². The number of aliphatic carboxylic acids is 1. The Bertz CT molecular complexity index is 282. The molecule has 1 aromatic carbocycles. The van der Waals surface area contributed by atoms with Crippen LogP contribution in [0.2, 0.25) is 0 Å². The predicted octanol–water partition coefficient (Wildman–Crippen LogP) is 1.66. The first-order valence-corrected chi connectivity index (χ1v) is 3.13. The van der Waals surface area contributed by atoms with Crippen LogP contribution in [-0.2, 0) is 10.7 Å². The molecule has 1 N–H and O–H groups in total. The molecule has 1 aromatic rings. The lowest BCUT2D eigenvalue weighted by molar-refractivity contribution is -0.166. The van der Waals surface area contributed by atoms with Crippen LogP contribution in [0.4, 0.5) is 8.78 Å². The van der Waals surface area contributed by atoms with Crippen molar-refractivity contribution in [3.63, 3.8) is 0 Å². The van der Waals surface area contributed by atoms with Gasteiger partial charge in [-0.2, -0.15) is 8.78 Å². The highest BCUT2D eigenvalue weighted by Crippen LogP contribution is 2.27. The molecule has 1 rings (SSSR count). The van der Waals surface area contributed by atoms with E-state index in [-0.39, 0.29) is 0 Å². The van der Waals surface area contributed by atoms with Gasteiger partial charge in [-0.05, 0) is 6.07 Å².